The molecule has 0 amide bonds. The third-order valence-corrected chi connectivity index (χ3v) is 0.503. The van der Waals surface area contributed by atoms with Crippen LogP contribution < -0.4 is 0 Å². The Morgan fingerprint density at radius 3 is 2.67 bits per heavy atom. The molecule has 0 radical (unpaired) electrons. The number of allylic oxidation sites excluding steroid dienone is 4. The van der Waals surface area contributed by atoms with E-state index >= 15 is 0 Å². The Bertz CT molecular complexity index is 131. The van der Waals surface area contributed by atoms with Gasteiger partial charge in [-0.3, -0.25) is 0 Å². The molecule has 6 heavy (non-hydrogen) atoms. The summed E-state index contributed by atoms with van der Waals surface area (Å²) in [6.45, 7) is 0. The topological polar surface area (TPSA) is 0 Å². The van der Waals surface area contributed by atoms with Gasteiger partial charge in [-0.1, -0.05) is 0 Å². The van der Waals surface area contributed by atoms with E-state index in [1.165, 1.54) is 0 Å². The second-order valence-electron chi connectivity index (χ2n) is 0.939. The van der Waals surface area contributed by atoms with E-state index in [-0.39, 0.29) is 0 Å². The van der Waals surface area contributed by atoms with Crippen LogP contribution in [0.2, 0.25) is 0 Å². The molecule has 0 unspecified atom stereocenters. The van der Waals surface area contributed by atoms with Crippen molar-refractivity contribution in [2.24, 2.45) is 0 Å². The number of hydrogen-bond acceptors (Lipinski definition) is 0. The second-order valence-corrected chi connectivity index (χ2v) is 0.939. The Morgan fingerprint density at radius 2 is 2.50 bits per heavy atom. The van der Waals surface area contributed by atoms with Gasteiger partial charge in [-0.25, -0.2) is 0 Å². The van der Waals surface area contributed by atoms with Crippen LogP contribution in [0.3, 0.4) is 0 Å². The highest BCUT2D eigenvalue weighted by molar-refractivity contribution is 5.10. The van der Waals surface area contributed by atoms with Crippen molar-refractivity contribution < 1.29 is 0 Å². The van der Waals surface area contributed by atoms with E-state index in [0.717, 1.165) is 0 Å². The molecule has 1 rings (SSSR count). The molecule has 0 aromatic rings. The van der Waals surface area contributed by atoms with Crippen LogP contribution in [0.1, 0.15) is 0 Å². The molecule has 0 heteroatoms. The van der Waals surface area contributed by atoms with Gasteiger partial charge in [-0.2, -0.15) is 0 Å². The second kappa shape index (κ2) is 1.40. The van der Waals surface area contributed by atoms with E-state index in [9.17, 15) is 0 Å². The first-order valence-electron chi connectivity index (χ1n) is 1.74. The molecule has 0 aromatic carbocycles. The predicted octanol–water partition coefficient (Wildman–Crippen LogP) is 1.23. The number of rotatable bonds is 0. The van der Waals surface area contributed by atoms with Gasteiger partial charge in [0, 0.05) is 0 Å². The Balaban J connectivity index is 3.10. The quantitative estimate of drug-likeness (QED) is 0.300. The van der Waals surface area contributed by atoms with E-state index in [1.807, 2.05) is 6.08 Å². The first-order valence-corrected chi connectivity index (χ1v) is 1.74. The predicted molar refractivity (Wildman–Crippen MR) is 24.0 cm³/mol. The first-order chi connectivity index (χ1) is 3.00. The minimum absolute atomic E-state index is 1.79. The highest BCUT2D eigenvalue weighted by Gasteiger charge is 1.73. The molecule has 0 aromatic heterocycles. The lowest BCUT2D eigenvalue weighted by molar-refractivity contribution is 1.83. The molecule has 0 saturated heterocycles. The molecule has 26 valence electrons. The van der Waals surface area contributed by atoms with Crippen molar-refractivity contribution in [3.63, 3.8) is 0 Å². The highest BCUT2D eigenvalue weighted by atomic mass is 13.6. The van der Waals surface area contributed by atoms with Crippen LogP contribution in [0.4, 0.5) is 0 Å². The average molecular weight is 75.1 g/mol. The van der Waals surface area contributed by atoms with Crippen LogP contribution in [0.25, 0.3) is 0 Å². The van der Waals surface area contributed by atoms with Gasteiger partial charge < -0.3 is 0 Å². The molecule has 1 aliphatic carbocycles. The van der Waals surface area contributed by atoms with Crippen molar-refractivity contribution in [2.45, 2.75) is 0 Å². The fraction of sp³-hybridized carbons (Fsp3) is 0. The van der Waals surface area contributed by atoms with Crippen LogP contribution in [-0.4, -0.2) is 0 Å². The molecule has 0 heterocycles. The molecule has 0 atom stereocenters. The molecule has 0 spiro atoms. The smallest absolute Gasteiger partial charge is 0.0582 e. The van der Waals surface area contributed by atoms with E-state index in [1.54, 1.807) is 12.2 Å². The van der Waals surface area contributed by atoms with E-state index in [4.69, 9.17) is 0 Å². The largest absolute Gasteiger partial charge is 0.143 e. The van der Waals surface area contributed by atoms with Crippen molar-refractivity contribution in [3.8, 4) is 0 Å². The van der Waals surface area contributed by atoms with Gasteiger partial charge in [0.15, 0.2) is 0 Å². The van der Waals surface area contributed by atoms with Gasteiger partial charge in [0.05, 0.1) is 6.08 Å². The maximum absolute atomic E-state index is 2.71. The summed E-state index contributed by atoms with van der Waals surface area (Å²) in [4.78, 5) is 0. The van der Waals surface area contributed by atoms with E-state index in [2.05, 4.69) is 17.5 Å². The van der Waals surface area contributed by atoms with Crippen LogP contribution in [0, 0.1) is 6.08 Å². The maximum atomic E-state index is 2.71. The summed E-state index contributed by atoms with van der Waals surface area (Å²) in [5, 5.41) is 0. The van der Waals surface area contributed by atoms with Gasteiger partial charge in [0.25, 0.3) is 0 Å². The van der Waals surface area contributed by atoms with Crippen molar-refractivity contribution in [1.29, 1.82) is 0 Å². The standard InChI is InChI=1S/C6H3/c1-2-4-6-5-3-1/h1-3H/q+1. The van der Waals surface area contributed by atoms with E-state index < -0.39 is 0 Å². The molecular weight excluding hydrogens is 72.1 g/mol. The molecule has 0 nitrogen and oxygen atoms in total. The summed E-state index contributed by atoms with van der Waals surface area (Å²) in [7, 11) is 0. The summed E-state index contributed by atoms with van der Waals surface area (Å²) >= 11 is 0. The van der Waals surface area contributed by atoms with Crippen molar-refractivity contribution in [3.05, 3.63) is 35.8 Å². The molecular formula is C6H3+. The Kier molecular flexibility index (Phi) is 0.737. The van der Waals surface area contributed by atoms with Crippen molar-refractivity contribution in [2.75, 3.05) is 0 Å². The maximum Gasteiger partial charge on any atom is 0.143 e. The minimum Gasteiger partial charge on any atom is 0.0582 e. The van der Waals surface area contributed by atoms with Crippen LogP contribution >= 0.6 is 0 Å². The number of hydrogen-bond donors (Lipinski definition) is 0. The molecule has 0 N–H and O–H groups in total. The Hall–Kier alpha value is -1.05. The summed E-state index contributed by atoms with van der Waals surface area (Å²) in [6, 6.07) is 0. The van der Waals surface area contributed by atoms with Crippen molar-refractivity contribution >= 4 is 0 Å². The zero-order valence-corrected chi connectivity index (χ0v) is 3.23. The zero-order chi connectivity index (χ0) is 4.24. The molecule has 0 bridgehead atoms. The lowest BCUT2D eigenvalue weighted by Gasteiger charge is -1.53. The highest BCUT2D eigenvalue weighted by Crippen LogP contribution is 1.77. The van der Waals surface area contributed by atoms with Crippen LogP contribution in [0.15, 0.2) is 29.7 Å². The lowest BCUT2D eigenvalue weighted by atomic mass is 10.4. The van der Waals surface area contributed by atoms with Gasteiger partial charge in [0.1, 0.15) is 29.7 Å². The van der Waals surface area contributed by atoms with E-state index in [0.29, 0.717) is 0 Å². The van der Waals surface area contributed by atoms with Gasteiger partial charge in [-0.05, 0) is 0 Å². The summed E-state index contributed by atoms with van der Waals surface area (Å²) in [5.41, 5.74) is 5.35. The zero-order valence-electron chi connectivity index (χ0n) is 3.23. The fourth-order valence-corrected chi connectivity index (χ4v) is 0.269. The summed E-state index contributed by atoms with van der Waals surface area (Å²) < 4.78 is 0. The normalized spacial score (nSPS) is 12.0. The van der Waals surface area contributed by atoms with Gasteiger partial charge in [-0.15, -0.1) is 0 Å². The molecule has 0 saturated carbocycles. The third kappa shape index (κ3) is 0.458. The fourth-order valence-electron chi connectivity index (χ4n) is 0.269. The third-order valence-electron chi connectivity index (χ3n) is 0.503. The minimum atomic E-state index is 1.79. The van der Waals surface area contributed by atoms with Crippen LogP contribution in [-0.2, 0) is 0 Å². The first kappa shape index (κ1) is 3.15. The molecule has 1 aliphatic rings. The lowest BCUT2D eigenvalue weighted by Crippen LogP contribution is -1.49. The molecule has 0 fully saturated rings. The monoisotopic (exact) mass is 75.0 g/mol. The van der Waals surface area contributed by atoms with Crippen molar-refractivity contribution in [1.82, 2.24) is 0 Å². The average Bonchev–Trinajstić information content (AvgIpc) is 1.72. The van der Waals surface area contributed by atoms with Crippen LogP contribution in [0.5, 0.6) is 0 Å². The Morgan fingerprint density at radius 1 is 1.50 bits per heavy atom. The van der Waals surface area contributed by atoms with Gasteiger partial charge in [0.2, 0.25) is 0 Å². The Labute approximate surface area is 36.8 Å². The van der Waals surface area contributed by atoms with Gasteiger partial charge >= 0.3 is 0 Å². The SMILES string of the molecule is C1=C=CC=C[C+]=1. The summed E-state index contributed by atoms with van der Waals surface area (Å²) in [5.74, 6) is 0. The molecule has 0 aliphatic heterocycles. The summed E-state index contributed by atoms with van der Waals surface area (Å²) in [6.07, 6.45) is 8.15.